The standard InChI is InChI=1S/C9H11N3O2/c1-6-8(4-9(14)10-5-13)7(2)12(3)11-6/h4H2,1-3H3. The highest BCUT2D eigenvalue weighted by molar-refractivity contribution is 5.83. The van der Waals surface area contributed by atoms with Crippen molar-refractivity contribution in [3.05, 3.63) is 17.0 Å². The Morgan fingerprint density at radius 2 is 2.21 bits per heavy atom. The van der Waals surface area contributed by atoms with Crippen LogP contribution in [-0.2, 0) is 23.1 Å². The lowest BCUT2D eigenvalue weighted by molar-refractivity contribution is -0.117. The lowest BCUT2D eigenvalue weighted by atomic mass is 10.1. The Kier molecular flexibility index (Phi) is 2.94. The Balaban J connectivity index is 2.96. The second kappa shape index (κ2) is 3.98. The molecule has 74 valence electrons. The van der Waals surface area contributed by atoms with E-state index in [9.17, 15) is 9.59 Å². The molecule has 0 aliphatic carbocycles. The second-order valence-corrected chi connectivity index (χ2v) is 3.05. The fraction of sp³-hybridized carbons (Fsp3) is 0.444. The summed E-state index contributed by atoms with van der Waals surface area (Å²) < 4.78 is 1.70. The molecular formula is C9H11N3O2. The molecular weight excluding hydrogens is 182 g/mol. The zero-order valence-electron chi connectivity index (χ0n) is 8.37. The number of aryl methyl sites for hydroxylation is 2. The normalized spacial score (nSPS) is 9.64. The molecule has 5 nitrogen and oxygen atoms in total. The molecule has 1 aromatic heterocycles. The van der Waals surface area contributed by atoms with Gasteiger partial charge in [-0.3, -0.25) is 9.48 Å². The molecule has 1 aromatic rings. The molecule has 0 aliphatic rings. The third kappa shape index (κ3) is 1.95. The molecule has 0 N–H and O–H groups in total. The number of aliphatic imine (C=N–C) groups is 1. The van der Waals surface area contributed by atoms with Crippen molar-refractivity contribution < 1.29 is 9.59 Å². The van der Waals surface area contributed by atoms with E-state index in [2.05, 4.69) is 10.1 Å². The average Bonchev–Trinajstić information content (AvgIpc) is 2.33. The summed E-state index contributed by atoms with van der Waals surface area (Å²) in [7, 11) is 1.80. The molecule has 5 heteroatoms. The zero-order valence-corrected chi connectivity index (χ0v) is 8.37. The second-order valence-electron chi connectivity index (χ2n) is 3.05. The first-order valence-corrected chi connectivity index (χ1v) is 4.16. The third-order valence-electron chi connectivity index (χ3n) is 2.16. The molecule has 1 heterocycles. The molecule has 0 aromatic carbocycles. The van der Waals surface area contributed by atoms with Crippen molar-refractivity contribution in [2.75, 3.05) is 0 Å². The van der Waals surface area contributed by atoms with E-state index in [1.165, 1.54) is 6.08 Å². The molecule has 1 amide bonds. The van der Waals surface area contributed by atoms with Crippen LogP contribution in [0.1, 0.15) is 17.0 Å². The largest absolute Gasteiger partial charge is 0.272 e. The van der Waals surface area contributed by atoms with Crippen LogP contribution in [-0.4, -0.2) is 21.8 Å². The predicted octanol–water partition coefficient (Wildman–Crippen LogP) is 0.442. The van der Waals surface area contributed by atoms with Crippen LogP contribution in [0.3, 0.4) is 0 Å². The number of aromatic nitrogens is 2. The van der Waals surface area contributed by atoms with Crippen molar-refractivity contribution in [1.29, 1.82) is 0 Å². The number of isocyanates is 1. The molecule has 0 spiro atoms. The average molecular weight is 193 g/mol. The molecule has 0 unspecified atom stereocenters. The molecule has 0 saturated heterocycles. The van der Waals surface area contributed by atoms with Gasteiger partial charge < -0.3 is 0 Å². The van der Waals surface area contributed by atoms with E-state index < -0.39 is 5.91 Å². The molecule has 0 bridgehead atoms. The Labute approximate surface area is 81.4 Å². The van der Waals surface area contributed by atoms with Gasteiger partial charge in [0.1, 0.15) is 0 Å². The van der Waals surface area contributed by atoms with Gasteiger partial charge in [-0.05, 0) is 13.8 Å². The van der Waals surface area contributed by atoms with Crippen molar-refractivity contribution in [1.82, 2.24) is 9.78 Å². The lowest BCUT2D eigenvalue weighted by Gasteiger charge is -1.96. The van der Waals surface area contributed by atoms with Crippen LogP contribution in [0.5, 0.6) is 0 Å². The van der Waals surface area contributed by atoms with Gasteiger partial charge in [0.2, 0.25) is 6.08 Å². The van der Waals surface area contributed by atoms with E-state index in [4.69, 9.17) is 0 Å². The molecule has 0 fully saturated rings. The molecule has 14 heavy (non-hydrogen) atoms. The SMILES string of the molecule is Cc1nn(C)c(C)c1CC(=O)N=C=O. The van der Waals surface area contributed by atoms with E-state index in [1.54, 1.807) is 11.7 Å². The maximum atomic E-state index is 11.1. The van der Waals surface area contributed by atoms with E-state index in [-0.39, 0.29) is 6.42 Å². The van der Waals surface area contributed by atoms with E-state index in [1.807, 2.05) is 13.8 Å². The van der Waals surface area contributed by atoms with Gasteiger partial charge in [0.15, 0.2) is 0 Å². The summed E-state index contributed by atoms with van der Waals surface area (Å²) in [4.78, 5) is 23.9. The summed E-state index contributed by atoms with van der Waals surface area (Å²) in [6.07, 6.45) is 1.34. The van der Waals surface area contributed by atoms with Crippen LogP contribution in [0.2, 0.25) is 0 Å². The molecule has 0 saturated carbocycles. The Bertz CT molecular complexity index is 414. The number of nitrogens with zero attached hydrogens (tertiary/aromatic N) is 3. The number of hydrogen-bond donors (Lipinski definition) is 0. The number of hydrogen-bond acceptors (Lipinski definition) is 3. The first-order valence-electron chi connectivity index (χ1n) is 4.16. The minimum Gasteiger partial charge on any atom is -0.272 e. The highest BCUT2D eigenvalue weighted by Crippen LogP contribution is 2.12. The van der Waals surface area contributed by atoms with Gasteiger partial charge in [0, 0.05) is 18.3 Å². The van der Waals surface area contributed by atoms with Gasteiger partial charge in [0.05, 0.1) is 12.1 Å². The van der Waals surface area contributed by atoms with Gasteiger partial charge >= 0.3 is 0 Å². The molecule has 1 rings (SSSR count). The summed E-state index contributed by atoms with van der Waals surface area (Å²) in [5.74, 6) is -0.487. The molecule has 0 aliphatic heterocycles. The number of carbonyl (C=O) groups is 1. The van der Waals surface area contributed by atoms with Crippen LogP contribution < -0.4 is 0 Å². The van der Waals surface area contributed by atoms with Crippen molar-refractivity contribution >= 4 is 12.0 Å². The smallest absolute Gasteiger partial charge is 0.261 e. The number of amides is 1. The van der Waals surface area contributed by atoms with Gasteiger partial charge in [0.25, 0.3) is 5.91 Å². The van der Waals surface area contributed by atoms with Crippen LogP contribution in [0.15, 0.2) is 4.99 Å². The maximum Gasteiger partial charge on any atom is 0.261 e. The molecule has 0 radical (unpaired) electrons. The van der Waals surface area contributed by atoms with E-state index in [0.717, 1.165) is 17.0 Å². The van der Waals surface area contributed by atoms with Gasteiger partial charge in [-0.15, -0.1) is 4.99 Å². The van der Waals surface area contributed by atoms with Crippen molar-refractivity contribution in [3.63, 3.8) is 0 Å². The van der Waals surface area contributed by atoms with Crippen molar-refractivity contribution in [2.24, 2.45) is 12.0 Å². The van der Waals surface area contributed by atoms with E-state index in [0.29, 0.717) is 0 Å². The van der Waals surface area contributed by atoms with Gasteiger partial charge in [-0.25, -0.2) is 4.79 Å². The van der Waals surface area contributed by atoms with Crippen molar-refractivity contribution in [3.8, 4) is 0 Å². The first kappa shape index (κ1) is 10.3. The monoisotopic (exact) mass is 193 g/mol. The first-order chi connectivity index (χ1) is 6.56. The predicted molar refractivity (Wildman–Crippen MR) is 49.5 cm³/mol. The highest BCUT2D eigenvalue weighted by Gasteiger charge is 2.12. The van der Waals surface area contributed by atoms with Crippen molar-refractivity contribution in [2.45, 2.75) is 20.3 Å². The summed E-state index contributed by atoms with van der Waals surface area (Å²) in [6, 6.07) is 0. The summed E-state index contributed by atoms with van der Waals surface area (Å²) in [5.41, 5.74) is 2.54. The topological polar surface area (TPSA) is 64.3 Å². The minimum absolute atomic E-state index is 0.112. The minimum atomic E-state index is -0.487. The summed E-state index contributed by atoms with van der Waals surface area (Å²) in [6.45, 7) is 3.69. The fourth-order valence-corrected chi connectivity index (χ4v) is 1.31. The van der Waals surface area contributed by atoms with Crippen LogP contribution >= 0.6 is 0 Å². The summed E-state index contributed by atoms with van der Waals surface area (Å²) in [5, 5.41) is 4.15. The quantitative estimate of drug-likeness (QED) is 0.505. The van der Waals surface area contributed by atoms with Crippen LogP contribution in [0, 0.1) is 13.8 Å². The van der Waals surface area contributed by atoms with Gasteiger partial charge in [-0.2, -0.15) is 5.10 Å². The Morgan fingerprint density at radius 1 is 1.57 bits per heavy atom. The van der Waals surface area contributed by atoms with E-state index >= 15 is 0 Å². The molecule has 0 atom stereocenters. The lowest BCUT2D eigenvalue weighted by Crippen LogP contribution is -2.01. The summed E-state index contributed by atoms with van der Waals surface area (Å²) >= 11 is 0. The number of rotatable bonds is 2. The Morgan fingerprint density at radius 3 is 2.64 bits per heavy atom. The zero-order chi connectivity index (χ0) is 10.7. The Hall–Kier alpha value is -1.74. The van der Waals surface area contributed by atoms with Crippen LogP contribution in [0.4, 0.5) is 0 Å². The van der Waals surface area contributed by atoms with Crippen LogP contribution in [0.25, 0.3) is 0 Å². The number of carbonyl (C=O) groups excluding carboxylic acids is 2. The highest BCUT2D eigenvalue weighted by atomic mass is 16.2. The van der Waals surface area contributed by atoms with Gasteiger partial charge in [-0.1, -0.05) is 0 Å². The fourth-order valence-electron chi connectivity index (χ4n) is 1.31. The maximum absolute atomic E-state index is 11.1. The third-order valence-corrected chi connectivity index (χ3v) is 2.16.